The highest BCUT2D eigenvalue weighted by Crippen LogP contribution is 2.33. The third-order valence-corrected chi connectivity index (χ3v) is 4.19. The first-order chi connectivity index (χ1) is 12.5. The van der Waals surface area contributed by atoms with E-state index in [9.17, 15) is 4.79 Å². The van der Waals surface area contributed by atoms with Crippen molar-refractivity contribution in [3.8, 4) is 11.5 Å². The minimum atomic E-state index is -0.259. The second-order valence-corrected chi connectivity index (χ2v) is 6.52. The van der Waals surface area contributed by atoms with Gasteiger partial charge in [-0.3, -0.25) is 4.79 Å². The molecule has 0 atom stereocenters. The lowest BCUT2D eigenvalue weighted by atomic mass is 10.1. The Kier molecular flexibility index (Phi) is 7.66. The SMILES string of the molecule is CCCOc1cc(Br)c(C=NNC(=O)c2ccc(C)cc2)cc1OCC. The van der Waals surface area contributed by atoms with Gasteiger partial charge in [-0.15, -0.1) is 0 Å². The highest BCUT2D eigenvalue weighted by molar-refractivity contribution is 9.10. The third kappa shape index (κ3) is 5.59. The van der Waals surface area contributed by atoms with Crippen LogP contribution in [0.3, 0.4) is 0 Å². The van der Waals surface area contributed by atoms with Crippen LogP contribution in [0.5, 0.6) is 11.5 Å². The first kappa shape index (κ1) is 20.0. The van der Waals surface area contributed by atoms with E-state index in [2.05, 4.69) is 26.5 Å². The largest absolute Gasteiger partial charge is 0.490 e. The van der Waals surface area contributed by atoms with E-state index >= 15 is 0 Å². The second kappa shape index (κ2) is 9.97. The first-order valence-electron chi connectivity index (χ1n) is 8.54. The van der Waals surface area contributed by atoms with Gasteiger partial charge in [0, 0.05) is 15.6 Å². The summed E-state index contributed by atoms with van der Waals surface area (Å²) in [5.74, 6) is 1.07. The number of amides is 1. The van der Waals surface area contributed by atoms with Crippen LogP contribution >= 0.6 is 15.9 Å². The van der Waals surface area contributed by atoms with Crippen LogP contribution in [0.25, 0.3) is 0 Å². The Balaban J connectivity index is 2.12. The van der Waals surface area contributed by atoms with Crippen molar-refractivity contribution in [3.63, 3.8) is 0 Å². The van der Waals surface area contributed by atoms with Crippen molar-refractivity contribution in [1.82, 2.24) is 5.43 Å². The number of hydrazone groups is 1. The monoisotopic (exact) mass is 418 g/mol. The van der Waals surface area contributed by atoms with Gasteiger partial charge in [0.1, 0.15) is 0 Å². The third-order valence-electron chi connectivity index (χ3n) is 3.51. The van der Waals surface area contributed by atoms with Gasteiger partial charge in [0.25, 0.3) is 5.91 Å². The van der Waals surface area contributed by atoms with Crippen LogP contribution in [0.1, 0.15) is 41.8 Å². The number of nitrogens with one attached hydrogen (secondary N) is 1. The molecule has 0 radical (unpaired) electrons. The molecule has 2 aromatic rings. The number of halogens is 1. The molecule has 0 heterocycles. The van der Waals surface area contributed by atoms with Gasteiger partial charge in [-0.2, -0.15) is 5.10 Å². The lowest BCUT2D eigenvalue weighted by molar-refractivity contribution is 0.0955. The molecule has 0 aliphatic rings. The molecule has 26 heavy (non-hydrogen) atoms. The van der Waals surface area contributed by atoms with Crippen molar-refractivity contribution in [2.24, 2.45) is 5.10 Å². The Morgan fingerprint density at radius 3 is 2.50 bits per heavy atom. The normalized spacial score (nSPS) is 10.8. The zero-order valence-corrected chi connectivity index (χ0v) is 16.8. The number of hydrogen-bond acceptors (Lipinski definition) is 4. The number of benzene rings is 2. The summed E-state index contributed by atoms with van der Waals surface area (Å²) in [5.41, 5.74) is 4.97. The van der Waals surface area contributed by atoms with E-state index < -0.39 is 0 Å². The molecule has 0 aromatic heterocycles. The van der Waals surface area contributed by atoms with E-state index in [-0.39, 0.29) is 5.91 Å². The number of hydrogen-bond donors (Lipinski definition) is 1. The van der Waals surface area contributed by atoms with Crippen molar-refractivity contribution in [2.75, 3.05) is 13.2 Å². The topological polar surface area (TPSA) is 59.9 Å². The number of aryl methyl sites for hydroxylation is 1. The predicted octanol–water partition coefficient (Wildman–Crippen LogP) is 4.71. The zero-order valence-electron chi connectivity index (χ0n) is 15.2. The van der Waals surface area contributed by atoms with Crippen LogP contribution in [0.2, 0.25) is 0 Å². The summed E-state index contributed by atoms with van der Waals surface area (Å²) in [6, 6.07) is 11.0. The molecule has 1 N–H and O–H groups in total. The summed E-state index contributed by atoms with van der Waals surface area (Å²) >= 11 is 3.50. The highest BCUT2D eigenvalue weighted by atomic mass is 79.9. The molecule has 0 aliphatic carbocycles. The van der Waals surface area contributed by atoms with E-state index in [1.54, 1.807) is 18.3 Å². The van der Waals surface area contributed by atoms with Crippen molar-refractivity contribution >= 4 is 28.1 Å². The van der Waals surface area contributed by atoms with Crippen LogP contribution in [-0.4, -0.2) is 25.3 Å². The fraction of sp³-hybridized carbons (Fsp3) is 0.300. The number of ether oxygens (including phenoxy) is 2. The molecule has 138 valence electrons. The van der Waals surface area contributed by atoms with E-state index in [1.807, 2.05) is 45.0 Å². The van der Waals surface area contributed by atoms with Crippen molar-refractivity contribution in [3.05, 3.63) is 57.6 Å². The lowest BCUT2D eigenvalue weighted by Gasteiger charge is -2.13. The zero-order chi connectivity index (χ0) is 18.9. The molecule has 0 saturated heterocycles. The molecule has 0 aliphatic heterocycles. The Bertz CT molecular complexity index is 773. The summed E-state index contributed by atoms with van der Waals surface area (Å²) in [7, 11) is 0. The Hall–Kier alpha value is -2.34. The van der Waals surface area contributed by atoms with Crippen LogP contribution in [-0.2, 0) is 0 Å². The van der Waals surface area contributed by atoms with Gasteiger partial charge in [0.2, 0.25) is 0 Å². The van der Waals surface area contributed by atoms with Gasteiger partial charge in [-0.05, 0) is 60.5 Å². The minimum Gasteiger partial charge on any atom is -0.490 e. The molecule has 1 amide bonds. The van der Waals surface area contributed by atoms with E-state index in [0.717, 1.165) is 22.0 Å². The van der Waals surface area contributed by atoms with Crippen LogP contribution in [0, 0.1) is 6.92 Å². The molecule has 0 fully saturated rings. The summed E-state index contributed by atoms with van der Waals surface area (Å²) in [6.45, 7) is 7.09. The number of nitrogens with zero attached hydrogens (tertiary/aromatic N) is 1. The average molecular weight is 419 g/mol. The average Bonchev–Trinajstić information content (AvgIpc) is 2.63. The lowest BCUT2D eigenvalue weighted by Crippen LogP contribution is -2.17. The minimum absolute atomic E-state index is 0.259. The molecule has 0 saturated carbocycles. The Labute approximate surface area is 162 Å². The molecule has 2 rings (SSSR count). The van der Waals surface area contributed by atoms with Gasteiger partial charge in [0.15, 0.2) is 11.5 Å². The van der Waals surface area contributed by atoms with Gasteiger partial charge < -0.3 is 9.47 Å². The fourth-order valence-electron chi connectivity index (χ4n) is 2.17. The van der Waals surface area contributed by atoms with Gasteiger partial charge >= 0.3 is 0 Å². The molecule has 6 heteroatoms. The molecule has 5 nitrogen and oxygen atoms in total. The smallest absolute Gasteiger partial charge is 0.271 e. The van der Waals surface area contributed by atoms with E-state index in [0.29, 0.717) is 30.3 Å². The van der Waals surface area contributed by atoms with Gasteiger partial charge in [-0.1, -0.05) is 24.6 Å². The maximum Gasteiger partial charge on any atom is 0.271 e. The first-order valence-corrected chi connectivity index (χ1v) is 9.33. The summed E-state index contributed by atoms with van der Waals surface area (Å²) in [4.78, 5) is 12.1. The Morgan fingerprint density at radius 2 is 1.85 bits per heavy atom. The maximum absolute atomic E-state index is 12.1. The second-order valence-electron chi connectivity index (χ2n) is 5.67. The maximum atomic E-state index is 12.1. The standard InChI is InChI=1S/C20H23BrN2O3/c1-4-10-26-19-12-17(21)16(11-18(19)25-5-2)13-22-23-20(24)15-8-6-14(3)7-9-15/h6-9,11-13H,4-5,10H2,1-3H3,(H,23,24). The summed E-state index contributed by atoms with van der Waals surface area (Å²) < 4.78 is 12.2. The quantitative estimate of drug-likeness (QED) is 0.498. The molecule has 2 aromatic carbocycles. The fourth-order valence-corrected chi connectivity index (χ4v) is 2.60. The molecule has 0 unspecified atom stereocenters. The van der Waals surface area contributed by atoms with Crippen LogP contribution in [0.15, 0.2) is 46.0 Å². The van der Waals surface area contributed by atoms with Crippen LogP contribution < -0.4 is 14.9 Å². The number of rotatable bonds is 8. The van der Waals surface area contributed by atoms with Crippen LogP contribution in [0.4, 0.5) is 0 Å². The predicted molar refractivity (Wildman–Crippen MR) is 107 cm³/mol. The summed E-state index contributed by atoms with van der Waals surface area (Å²) in [6.07, 6.45) is 2.49. The van der Waals surface area contributed by atoms with Gasteiger partial charge in [-0.25, -0.2) is 5.43 Å². The van der Waals surface area contributed by atoms with Crippen molar-refractivity contribution < 1.29 is 14.3 Å². The number of carbonyl (C=O) groups is 1. The van der Waals surface area contributed by atoms with Crippen molar-refractivity contribution in [2.45, 2.75) is 27.2 Å². The summed E-state index contributed by atoms with van der Waals surface area (Å²) in [5, 5.41) is 4.04. The van der Waals surface area contributed by atoms with E-state index in [4.69, 9.17) is 9.47 Å². The van der Waals surface area contributed by atoms with Crippen molar-refractivity contribution in [1.29, 1.82) is 0 Å². The molecular weight excluding hydrogens is 396 g/mol. The molecule has 0 spiro atoms. The van der Waals surface area contributed by atoms with E-state index in [1.165, 1.54) is 0 Å². The highest BCUT2D eigenvalue weighted by Gasteiger charge is 2.10. The molecular formula is C20H23BrN2O3. The number of carbonyl (C=O) groups excluding carboxylic acids is 1. The Morgan fingerprint density at radius 1 is 1.15 bits per heavy atom. The molecule has 0 bridgehead atoms. The van der Waals surface area contributed by atoms with Gasteiger partial charge in [0.05, 0.1) is 19.4 Å².